The summed E-state index contributed by atoms with van der Waals surface area (Å²) in [6.45, 7) is 4.80. The average Bonchev–Trinajstić information content (AvgIpc) is 2.79. The maximum Gasteiger partial charge on any atom is 0.211 e. The van der Waals surface area contributed by atoms with Gasteiger partial charge in [0, 0.05) is 79.4 Å². The van der Waals surface area contributed by atoms with Gasteiger partial charge in [0.1, 0.15) is 0 Å². The molecule has 2 aromatic rings. The molecule has 1 amide bonds. The molecule has 1 saturated heterocycles. The van der Waals surface area contributed by atoms with E-state index in [2.05, 4.69) is 25.2 Å². The zero-order valence-electron chi connectivity index (χ0n) is 18.6. The van der Waals surface area contributed by atoms with Gasteiger partial charge in [-0.1, -0.05) is 12.1 Å². The zero-order valence-corrected chi connectivity index (χ0v) is 18.6. The van der Waals surface area contributed by atoms with Crippen molar-refractivity contribution in [3.63, 3.8) is 0 Å². The van der Waals surface area contributed by atoms with E-state index in [1.807, 2.05) is 37.4 Å². The van der Waals surface area contributed by atoms with Gasteiger partial charge in [-0.2, -0.15) is 0 Å². The van der Waals surface area contributed by atoms with Gasteiger partial charge in [0.2, 0.25) is 6.41 Å². The largest absolute Gasteiger partial charge is 0.402 e. The number of hydrogen-bond donors (Lipinski definition) is 3. The Balaban J connectivity index is 0.000000231. The minimum atomic E-state index is 0.377. The summed E-state index contributed by atoms with van der Waals surface area (Å²) in [5, 5.41) is 4.67. The van der Waals surface area contributed by atoms with Crippen molar-refractivity contribution in [2.45, 2.75) is 19.8 Å². The zero-order chi connectivity index (χ0) is 22.6. The molecular formula is C23H33N7O. The van der Waals surface area contributed by atoms with Crippen LogP contribution < -0.4 is 16.8 Å². The maximum atomic E-state index is 10.3. The summed E-state index contributed by atoms with van der Waals surface area (Å²) in [5.74, 6) is 1.14. The Kier molecular flexibility index (Phi) is 9.64. The highest BCUT2D eigenvalue weighted by Gasteiger charge is 2.22. The van der Waals surface area contributed by atoms with Crippen LogP contribution in [0, 0.1) is 5.92 Å². The molecule has 5 N–H and O–H groups in total. The van der Waals surface area contributed by atoms with Gasteiger partial charge < -0.3 is 16.8 Å². The number of carbonyl (C=O) groups is 1. The number of fused-ring (bicyclic) bond motifs is 1. The lowest BCUT2D eigenvalue weighted by Gasteiger charge is -2.32. The summed E-state index contributed by atoms with van der Waals surface area (Å²) < 4.78 is 0. The fourth-order valence-corrected chi connectivity index (χ4v) is 3.60. The number of allylic oxidation sites excluding steroid dienone is 1. The molecule has 1 aromatic carbocycles. The number of aromatic nitrogens is 1. The number of pyridine rings is 1. The van der Waals surface area contributed by atoms with Crippen molar-refractivity contribution in [2.75, 3.05) is 39.0 Å². The molecule has 3 rings (SSSR count). The standard InChI is InChI=1S/C13H25N5.C10H8N2O/c1-10(14)12(7-16-2)9-18-6-4-5-11(8-18)13(15)17-3;13-7-12-10-3-1-2-8-6-11-5-4-9(8)10/h7,11H,4-6,8-9,14H2,1-3H3,(H2,15,17);1-7H,(H,12,13)/b12-10+,16-7?;. The van der Waals surface area contributed by atoms with Gasteiger partial charge in [0.05, 0.1) is 5.84 Å². The Morgan fingerprint density at radius 1 is 1.32 bits per heavy atom. The van der Waals surface area contributed by atoms with Crippen LogP contribution in [0.15, 0.2) is 57.9 Å². The summed E-state index contributed by atoms with van der Waals surface area (Å²) >= 11 is 0. The first-order valence-corrected chi connectivity index (χ1v) is 10.3. The highest BCUT2D eigenvalue weighted by atomic mass is 16.1. The third-order valence-corrected chi connectivity index (χ3v) is 5.26. The van der Waals surface area contributed by atoms with E-state index in [-0.39, 0.29) is 0 Å². The number of aliphatic imine (C=N–C) groups is 2. The molecule has 31 heavy (non-hydrogen) atoms. The molecule has 0 aliphatic carbocycles. The van der Waals surface area contributed by atoms with Crippen molar-refractivity contribution < 1.29 is 4.79 Å². The minimum Gasteiger partial charge on any atom is -0.402 e. The maximum absolute atomic E-state index is 10.3. The van der Waals surface area contributed by atoms with E-state index in [0.29, 0.717) is 12.3 Å². The smallest absolute Gasteiger partial charge is 0.211 e. The molecule has 1 aliphatic rings. The van der Waals surface area contributed by atoms with E-state index in [1.165, 1.54) is 0 Å². The van der Waals surface area contributed by atoms with Crippen LogP contribution in [0.25, 0.3) is 10.8 Å². The highest BCUT2D eigenvalue weighted by Crippen LogP contribution is 2.21. The van der Waals surface area contributed by atoms with Crippen LogP contribution in [0.2, 0.25) is 0 Å². The number of anilines is 1. The van der Waals surface area contributed by atoms with E-state index >= 15 is 0 Å². The average molecular weight is 424 g/mol. The number of amidine groups is 1. The molecule has 1 aromatic heterocycles. The molecule has 0 bridgehead atoms. The lowest BCUT2D eigenvalue weighted by atomic mass is 9.96. The van der Waals surface area contributed by atoms with Crippen molar-refractivity contribution in [3.8, 4) is 0 Å². The molecule has 1 fully saturated rings. The molecule has 8 nitrogen and oxygen atoms in total. The number of nitrogens with one attached hydrogen (secondary N) is 1. The normalized spacial score (nSPS) is 18.3. The molecule has 2 heterocycles. The van der Waals surface area contributed by atoms with Crippen LogP contribution in [0.3, 0.4) is 0 Å². The summed E-state index contributed by atoms with van der Waals surface area (Å²) in [5.41, 5.74) is 14.5. The van der Waals surface area contributed by atoms with Gasteiger partial charge in [-0.3, -0.25) is 24.7 Å². The fourth-order valence-electron chi connectivity index (χ4n) is 3.60. The number of hydrogen-bond acceptors (Lipinski definition) is 6. The van der Waals surface area contributed by atoms with Gasteiger partial charge in [-0.15, -0.1) is 0 Å². The number of piperidine rings is 1. The molecule has 166 valence electrons. The molecule has 0 saturated carbocycles. The Morgan fingerprint density at radius 2 is 2.13 bits per heavy atom. The van der Waals surface area contributed by atoms with E-state index < -0.39 is 0 Å². The van der Waals surface area contributed by atoms with Crippen molar-refractivity contribution in [1.29, 1.82) is 0 Å². The third-order valence-electron chi connectivity index (χ3n) is 5.26. The molecule has 0 spiro atoms. The Bertz CT molecular complexity index is 943. The van der Waals surface area contributed by atoms with Gasteiger partial charge in [-0.25, -0.2) is 0 Å². The van der Waals surface area contributed by atoms with Crippen LogP contribution in [0.4, 0.5) is 5.69 Å². The minimum absolute atomic E-state index is 0.377. The topological polar surface area (TPSA) is 122 Å². The summed E-state index contributed by atoms with van der Waals surface area (Å²) in [6, 6.07) is 7.58. The molecule has 1 atom stereocenters. The van der Waals surface area contributed by atoms with Crippen LogP contribution in [-0.4, -0.2) is 62.1 Å². The molecule has 1 aliphatic heterocycles. The number of rotatable bonds is 6. The first-order chi connectivity index (χ1) is 15.0. The molecule has 1 unspecified atom stereocenters. The van der Waals surface area contributed by atoms with E-state index in [1.54, 1.807) is 26.5 Å². The monoisotopic (exact) mass is 423 g/mol. The Hall–Kier alpha value is -3.26. The Labute approximate surface area is 184 Å². The van der Waals surface area contributed by atoms with Crippen molar-refractivity contribution >= 4 is 34.9 Å². The van der Waals surface area contributed by atoms with E-state index in [4.69, 9.17) is 11.5 Å². The van der Waals surface area contributed by atoms with E-state index in [9.17, 15) is 4.79 Å². The Morgan fingerprint density at radius 3 is 2.81 bits per heavy atom. The van der Waals surface area contributed by atoms with Crippen LogP contribution in [0.5, 0.6) is 0 Å². The number of nitrogens with zero attached hydrogens (tertiary/aromatic N) is 4. The van der Waals surface area contributed by atoms with E-state index in [0.717, 1.165) is 66.0 Å². The lowest BCUT2D eigenvalue weighted by molar-refractivity contribution is -0.105. The number of nitrogens with two attached hydrogens (primary N) is 2. The first-order valence-electron chi connectivity index (χ1n) is 10.3. The fraction of sp³-hybridized carbons (Fsp3) is 0.391. The lowest BCUT2D eigenvalue weighted by Crippen LogP contribution is -2.42. The second kappa shape index (κ2) is 12.4. The highest BCUT2D eigenvalue weighted by molar-refractivity contribution is 5.96. The number of amides is 1. The van der Waals surface area contributed by atoms with Crippen molar-refractivity contribution in [1.82, 2.24) is 9.88 Å². The first kappa shape index (κ1) is 24.0. The van der Waals surface area contributed by atoms with Crippen molar-refractivity contribution in [2.24, 2.45) is 27.4 Å². The van der Waals surface area contributed by atoms with Gasteiger partial charge in [-0.05, 0) is 38.4 Å². The number of likely N-dealkylation sites (tertiary alicyclic amines) is 1. The molecule has 0 radical (unpaired) electrons. The van der Waals surface area contributed by atoms with Crippen molar-refractivity contribution in [3.05, 3.63) is 47.9 Å². The van der Waals surface area contributed by atoms with Gasteiger partial charge in [0.15, 0.2) is 0 Å². The quantitative estimate of drug-likeness (QED) is 0.374. The second-order valence-electron chi connectivity index (χ2n) is 7.48. The summed E-state index contributed by atoms with van der Waals surface area (Å²) in [4.78, 5) is 24.8. The van der Waals surface area contributed by atoms with Crippen LogP contribution >= 0.6 is 0 Å². The second-order valence-corrected chi connectivity index (χ2v) is 7.48. The molecule has 8 heteroatoms. The summed E-state index contributed by atoms with van der Waals surface area (Å²) in [7, 11) is 3.52. The predicted molar refractivity (Wildman–Crippen MR) is 129 cm³/mol. The predicted octanol–water partition coefficient (Wildman–Crippen LogP) is 2.42. The SMILES string of the molecule is CN=C/C(CN1CCCC(C(N)=NC)C1)=C(/C)N.O=CNc1cccc2cnccc12. The van der Waals surface area contributed by atoms with Crippen LogP contribution in [0.1, 0.15) is 19.8 Å². The number of carbonyl (C=O) groups excluding carboxylic acids is 1. The third kappa shape index (κ3) is 7.18. The van der Waals surface area contributed by atoms with Gasteiger partial charge in [0.25, 0.3) is 0 Å². The summed E-state index contributed by atoms with van der Waals surface area (Å²) in [6.07, 6.45) is 8.28. The molecular weight excluding hydrogens is 390 g/mol. The number of benzene rings is 1. The van der Waals surface area contributed by atoms with Gasteiger partial charge >= 0.3 is 0 Å². The van der Waals surface area contributed by atoms with Crippen LogP contribution in [-0.2, 0) is 4.79 Å².